The van der Waals surface area contributed by atoms with Crippen molar-refractivity contribution >= 4 is 16.7 Å². The fourth-order valence-corrected chi connectivity index (χ4v) is 2.31. The molecule has 4 nitrogen and oxygen atoms in total. The number of nitrogens with one attached hydrogen (secondary N) is 1. The second kappa shape index (κ2) is 3.63. The third-order valence-electron chi connectivity index (χ3n) is 3.60. The predicted octanol–water partition coefficient (Wildman–Crippen LogP) is 2.77. The smallest absolute Gasteiger partial charge is 0.129 e. The summed E-state index contributed by atoms with van der Waals surface area (Å²) in [6.07, 6.45) is 1.80. The minimum atomic E-state index is 0.689. The second-order valence-electron chi connectivity index (χ2n) is 4.70. The number of rotatable bonds is 1. The van der Waals surface area contributed by atoms with Crippen LogP contribution in [0.1, 0.15) is 11.3 Å². The van der Waals surface area contributed by atoms with Crippen LogP contribution in [0.4, 0.5) is 5.82 Å². The van der Waals surface area contributed by atoms with E-state index in [-0.39, 0.29) is 0 Å². The number of nitrogen functional groups attached to an aromatic ring is 1. The minimum Gasteiger partial charge on any atom is -0.383 e. The standard InChI is InChI=1S/C14H16N4/c1-8-9(2)17-13-6-10(4-5-11(8)13)12-7-16-18(3)14(12)15/h4-7,17H,15H2,1-3H3. The molecule has 0 saturated carbocycles. The summed E-state index contributed by atoms with van der Waals surface area (Å²) >= 11 is 0. The summed E-state index contributed by atoms with van der Waals surface area (Å²) in [5.41, 5.74) is 11.7. The summed E-state index contributed by atoms with van der Waals surface area (Å²) in [4.78, 5) is 3.40. The Bertz CT molecular complexity index is 734. The van der Waals surface area contributed by atoms with E-state index in [2.05, 4.69) is 42.1 Å². The fourth-order valence-electron chi connectivity index (χ4n) is 2.31. The Morgan fingerprint density at radius 3 is 2.72 bits per heavy atom. The first kappa shape index (κ1) is 10.9. The Labute approximate surface area is 105 Å². The van der Waals surface area contributed by atoms with Gasteiger partial charge >= 0.3 is 0 Å². The van der Waals surface area contributed by atoms with Gasteiger partial charge in [-0.1, -0.05) is 12.1 Å². The number of aromatic amines is 1. The molecule has 0 fully saturated rings. The van der Waals surface area contributed by atoms with Crippen molar-refractivity contribution in [1.29, 1.82) is 0 Å². The molecule has 0 amide bonds. The van der Waals surface area contributed by atoms with E-state index in [9.17, 15) is 0 Å². The topological polar surface area (TPSA) is 59.6 Å². The van der Waals surface area contributed by atoms with E-state index in [1.165, 1.54) is 16.6 Å². The van der Waals surface area contributed by atoms with E-state index in [1.54, 1.807) is 10.9 Å². The van der Waals surface area contributed by atoms with Crippen LogP contribution >= 0.6 is 0 Å². The van der Waals surface area contributed by atoms with E-state index < -0.39 is 0 Å². The van der Waals surface area contributed by atoms with E-state index >= 15 is 0 Å². The SMILES string of the molecule is Cc1[nH]c2cc(-c3cnn(C)c3N)ccc2c1C. The minimum absolute atomic E-state index is 0.689. The van der Waals surface area contributed by atoms with Gasteiger partial charge in [0, 0.05) is 29.2 Å². The summed E-state index contributed by atoms with van der Waals surface area (Å²) in [5, 5.41) is 5.44. The molecule has 0 spiro atoms. The third kappa shape index (κ3) is 1.42. The predicted molar refractivity (Wildman–Crippen MR) is 74.4 cm³/mol. The number of nitrogens with zero attached hydrogens (tertiary/aromatic N) is 2. The van der Waals surface area contributed by atoms with Gasteiger partial charge in [0.1, 0.15) is 5.82 Å². The Hall–Kier alpha value is -2.23. The first-order valence-electron chi connectivity index (χ1n) is 5.94. The zero-order valence-electron chi connectivity index (χ0n) is 10.8. The molecule has 3 rings (SSSR count). The number of anilines is 1. The molecule has 92 valence electrons. The molecule has 0 bridgehead atoms. The highest BCUT2D eigenvalue weighted by molar-refractivity contribution is 5.89. The van der Waals surface area contributed by atoms with Crippen LogP contribution in [-0.4, -0.2) is 14.8 Å². The molecule has 0 radical (unpaired) electrons. The highest BCUT2D eigenvalue weighted by Crippen LogP contribution is 2.29. The number of hydrogen-bond acceptors (Lipinski definition) is 2. The van der Waals surface area contributed by atoms with Gasteiger partial charge < -0.3 is 10.7 Å². The molecule has 0 aliphatic carbocycles. The summed E-state index contributed by atoms with van der Waals surface area (Å²) in [6.45, 7) is 4.22. The maximum atomic E-state index is 6.00. The summed E-state index contributed by atoms with van der Waals surface area (Å²) in [7, 11) is 1.85. The zero-order valence-corrected chi connectivity index (χ0v) is 10.8. The van der Waals surface area contributed by atoms with Gasteiger partial charge in [0.25, 0.3) is 0 Å². The van der Waals surface area contributed by atoms with E-state index in [0.29, 0.717) is 5.82 Å². The number of fused-ring (bicyclic) bond motifs is 1. The lowest BCUT2D eigenvalue weighted by Gasteiger charge is -2.01. The van der Waals surface area contributed by atoms with E-state index in [0.717, 1.165) is 16.6 Å². The number of nitrogens with two attached hydrogens (primary N) is 1. The van der Waals surface area contributed by atoms with Crippen LogP contribution in [0, 0.1) is 13.8 Å². The number of hydrogen-bond donors (Lipinski definition) is 2. The van der Waals surface area contributed by atoms with Crippen LogP contribution in [0.3, 0.4) is 0 Å². The van der Waals surface area contributed by atoms with Crippen molar-refractivity contribution in [2.45, 2.75) is 13.8 Å². The Morgan fingerprint density at radius 1 is 1.28 bits per heavy atom. The zero-order chi connectivity index (χ0) is 12.9. The van der Waals surface area contributed by atoms with Crippen LogP contribution in [0.5, 0.6) is 0 Å². The molecule has 0 atom stereocenters. The lowest BCUT2D eigenvalue weighted by Crippen LogP contribution is -1.97. The van der Waals surface area contributed by atoms with Crippen LogP contribution in [-0.2, 0) is 7.05 Å². The van der Waals surface area contributed by atoms with Crippen molar-refractivity contribution in [3.8, 4) is 11.1 Å². The first-order chi connectivity index (χ1) is 8.58. The molecule has 0 aliphatic heterocycles. The summed E-state index contributed by atoms with van der Waals surface area (Å²) in [6, 6.07) is 6.36. The molecule has 0 aliphatic rings. The van der Waals surface area contributed by atoms with Crippen molar-refractivity contribution in [3.05, 3.63) is 35.7 Å². The average Bonchev–Trinajstić information content (AvgIpc) is 2.82. The normalized spacial score (nSPS) is 11.3. The monoisotopic (exact) mass is 240 g/mol. The van der Waals surface area contributed by atoms with Gasteiger partial charge in [-0.3, -0.25) is 4.68 Å². The third-order valence-corrected chi connectivity index (χ3v) is 3.60. The molecular weight excluding hydrogens is 224 g/mol. The summed E-state index contributed by atoms with van der Waals surface area (Å²) in [5.74, 6) is 0.689. The molecule has 2 heterocycles. The highest BCUT2D eigenvalue weighted by Gasteiger charge is 2.10. The van der Waals surface area contributed by atoms with Crippen molar-refractivity contribution in [2.75, 3.05) is 5.73 Å². The lowest BCUT2D eigenvalue weighted by atomic mass is 10.1. The maximum absolute atomic E-state index is 6.00. The molecule has 3 N–H and O–H groups in total. The molecule has 0 unspecified atom stereocenters. The van der Waals surface area contributed by atoms with Gasteiger partial charge in [-0.05, 0) is 31.0 Å². The van der Waals surface area contributed by atoms with Gasteiger partial charge in [0.2, 0.25) is 0 Å². The van der Waals surface area contributed by atoms with Gasteiger partial charge in [-0.15, -0.1) is 0 Å². The van der Waals surface area contributed by atoms with Crippen molar-refractivity contribution in [1.82, 2.24) is 14.8 Å². The van der Waals surface area contributed by atoms with E-state index in [4.69, 9.17) is 5.73 Å². The van der Waals surface area contributed by atoms with Crippen LogP contribution < -0.4 is 5.73 Å². The Morgan fingerprint density at radius 2 is 2.06 bits per heavy atom. The van der Waals surface area contributed by atoms with Crippen LogP contribution in [0.15, 0.2) is 24.4 Å². The number of aromatic nitrogens is 3. The highest BCUT2D eigenvalue weighted by atomic mass is 15.3. The van der Waals surface area contributed by atoms with Crippen LogP contribution in [0.2, 0.25) is 0 Å². The molecule has 1 aromatic carbocycles. The summed E-state index contributed by atoms with van der Waals surface area (Å²) < 4.78 is 1.69. The first-order valence-corrected chi connectivity index (χ1v) is 5.94. The molecular formula is C14H16N4. The molecule has 0 saturated heterocycles. The van der Waals surface area contributed by atoms with Gasteiger partial charge in [0.05, 0.1) is 6.20 Å². The average molecular weight is 240 g/mol. The fraction of sp³-hybridized carbons (Fsp3) is 0.214. The lowest BCUT2D eigenvalue weighted by molar-refractivity contribution is 0.779. The second-order valence-corrected chi connectivity index (χ2v) is 4.70. The molecule has 2 aromatic heterocycles. The quantitative estimate of drug-likeness (QED) is 0.687. The Kier molecular flexibility index (Phi) is 2.20. The maximum Gasteiger partial charge on any atom is 0.129 e. The molecule has 18 heavy (non-hydrogen) atoms. The van der Waals surface area contributed by atoms with Gasteiger partial charge in [-0.25, -0.2) is 0 Å². The van der Waals surface area contributed by atoms with Gasteiger partial charge in [-0.2, -0.15) is 5.10 Å². The number of H-pyrrole nitrogens is 1. The molecule has 4 heteroatoms. The van der Waals surface area contributed by atoms with Crippen LogP contribution in [0.25, 0.3) is 22.0 Å². The van der Waals surface area contributed by atoms with E-state index in [1.807, 2.05) is 7.05 Å². The Balaban J connectivity index is 2.22. The van der Waals surface area contributed by atoms with Crippen molar-refractivity contribution < 1.29 is 0 Å². The van der Waals surface area contributed by atoms with Gasteiger partial charge in [0.15, 0.2) is 0 Å². The number of benzene rings is 1. The largest absolute Gasteiger partial charge is 0.383 e. The number of aryl methyl sites for hydroxylation is 3. The molecule has 3 aromatic rings. The van der Waals surface area contributed by atoms with Crippen molar-refractivity contribution in [2.24, 2.45) is 7.05 Å². The van der Waals surface area contributed by atoms with Crippen molar-refractivity contribution in [3.63, 3.8) is 0 Å².